The first kappa shape index (κ1) is 19.5. The minimum atomic E-state index is 0.836. The third-order valence-corrected chi connectivity index (χ3v) is 6.03. The van der Waals surface area contributed by atoms with Crippen molar-refractivity contribution in [2.24, 2.45) is 0 Å². The van der Waals surface area contributed by atoms with E-state index in [1.54, 1.807) is 0 Å². The molecule has 0 bridgehead atoms. The van der Waals surface area contributed by atoms with Crippen LogP contribution in [0.1, 0.15) is 11.1 Å². The SMILES string of the molecule is Brc1ccc(C#Cc2ccc(N(c3ccccc3)c3ccccc3)cc2)c2nsnc12. The minimum Gasteiger partial charge on any atom is -0.311 e. The molecule has 0 aliphatic carbocycles. The Labute approximate surface area is 193 Å². The van der Waals surface area contributed by atoms with E-state index in [2.05, 4.69) is 114 Å². The summed E-state index contributed by atoms with van der Waals surface area (Å²) in [4.78, 5) is 2.23. The van der Waals surface area contributed by atoms with Crippen molar-refractivity contribution in [2.45, 2.75) is 0 Å². The predicted molar refractivity (Wildman–Crippen MR) is 132 cm³/mol. The molecule has 1 aromatic heterocycles. The Balaban J connectivity index is 1.49. The number of halogens is 1. The van der Waals surface area contributed by atoms with Crippen molar-refractivity contribution in [3.05, 3.63) is 113 Å². The van der Waals surface area contributed by atoms with Crippen molar-refractivity contribution < 1.29 is 0 Å². The third kappa shape index (κ3) is 4.09. The van der Waals surface area contributed by atoms with Gasteiger partial charge in [-0.05, 0) is 76.6 Å². The quantitative estimate of drug-likeness (QED) is 0.252. The van der Waals surface area contributed by atoms with Crippen LogP contribution in [0.5, 0.6) is 0 Å². The van der Waals surface area contributed by atoms with Gasteiger partial charge in [0, 0.05) is 27.1 Å². The van der Waals surface area contributed by atoms with Crippen LogP contribution >= 0.6 is 27.7 Å². The lowest BCUT2D eigenvalue weighted by molar-refractivity contribution is 1.28. The fraction of sp³-hybridized carbons (Fsp3) is 0. The lowest BCUT2D eigenvalue weighted by Gasteiger charge is -2.25. The van der Waals surface area contributed by atoms with E-state index in [0.717, 1.165) is 43.7 Å². The van der Waals surface area contributed by atoms with E-state index in [1.807, 2.05) is 24.3 Å². The van der Waals surface area contributed by atoms with Gasteiger partial charge in [0.05, 0.1) is 17.3 Å². The van der Waals surface area contributed by atoms with E-state index in [-0.39, 0.29) is 0 Å². The number of hydrogen-bond acceptors (Lipinski definition) is 4. The lowest BCUT2D eigenvalue weighted by atomic mass is 10.1. The lowest BCUT2D eigenvalue weighted by Crippen LogP contribution is -2.09. The van der Waals surface area contributed by atoms with Crippen LogP contribution in [-0.4, -0.2) is 8.75 Å². The number of benzene rings is 4. The molecule has 0 unspecified atom stereocenters. The molecule has 0 spiro atoms. The maximum atomic E-state index is 4.39. The Bertz CT molecular complexity index is 1350. The summed E-state index contributed by atoms with van der Waals surface area (Å²) in [5.41, 5.74) is 6.82. The fourth-order valence-corrected chi connectivity index (χ4v) is 4.47. The van der Waals surface area contributed by atoms with Crippen molar-refractivity contribution in [3.8, 4) is 11.8 Å². The predicted octanol–water partition coefficient (Wildman–Crippen LogP) is 7.32. The molecule has 0 saturated carbocycles. The van der Waals surface area contributed by atoms with E-state index < -0.39 is 0 Å². The molecule has 31 heavy (non-hydrogen) atoms. The van der Waals surface area contributed by atoms with Crippen LogP contribution in [0.3, 0.4) is 0 Å². The van der Waals surface area contributed by atoms with Gasteiger partial charge in [-0.2, -0.15) is 8.75 Å². The van der Waals surface area contributed by atoms with E-state index in [9.17, 15) is 0 Å². The highest BCUT2D eigenvalue weighted by Gasteiger charge is 2.11. The van der Waals surface area contributed by atoms with Crippen LogP contribution in [0.4, 0.5) is 17.1 Å². The van der Waals surface area contributed by atoms with E-state index in [0.29, 0.717) is 0 Å². The molecule has 0 N–H and O–H groups in total. The highest BCUT2D eigenvalue weighted by atomic mass is 79.9. The van der Waals surface area contributed by atoms with Crippen LogP contribution in [0.25, 0.3) is 11.0 Å². The van der Waals surface area contributed by atoms with Crippen LogP contribution in [0, 0.1) is 11.8 Å². The number of para-hydroxylation sites is 2. The minimum absolute atomic E-state index is 0.836. The molecule has 0 fully saturated rings. The Hall–Kier alpha value is -3.46. The Morgan fingerprint density at radius 3 is 1.84 bits per heavy atom. The molecular weight excluding hydrogens is 466 g/mol. The molecule has 5 aromatic rings. The number of fused-ring (bicyclic) bond motifs is 1. The van der Waals surface area contributed by atoms with Gasteiger partial charge in [0.15, 0.2) is 0 Å². The Kier molecular flexibility index (Phi) is 5.49. The molecule has 4 aromatic carbocycles. The summed E-state index contributed by atoms with van der Waals surface area (Å²) in [7, 11) is 0. The first-order valence-corrected chi connectivity index (χ1v) is 11.2. The molecule has 0 radical (unpaired) electrons. The second kappa shape index (κ2) is 8.73. The summed E-state index contributed by atoms with van der Waals surface area (Å²) < 4.78 is 9.66. The molecule has 0 amide bonds. The summed E-state index contributed by atoms with van der Waals surface area (Å²) in [5, 5.41) is 0. The summed E-state index contributed by atoms with van der Waals surface area (Å²) in [5.74, 6) is 6.51. The molecule has 3 nitrogen and oxygen atoms in total. The second-order valence-corrected chi connectivity index (χ2v) is 8.24. The largest absolute Gasteiger partial charge is 0.311 e. The molecule has 148 valence electrons. The average molecular weight is 482 g/mol. The monoisotopic (exact) mass is 481 g/mol. The molecular formula is C26H16BrN3S. The first-order valence-electron chi connectivity index (χ1n) is 9.73. The summed E-state index contributed by atoms with van der Waals surface area (Å²) in [6.45, 7) is 0. The zero-order valence-corrected chi connectivity index (χ0v) is 18.8. The Morgan fingerprint density at radius 1 is 0.613 bits per heavy atom. The van der Waals surface area contributed by atoms with Crippen molar-refractivity contribution in [2.75, 3.05) is 4.90 Å². The smallest absolute Gasteiger partial charge is 0.121 e. The molecule has 0 atom stereocenters. The van der Waals surface area contributed by atoms with Gasteiger partial charge in [-0.25, -0.2) is 0 Å². The van der Waals surface area contributed by atoms with Gasteiger partial charge in [-0.3, -0.25) is 0 Å². The van der Waals surface area contributed by atoms with Gasteiger partial charge in [-0.1, -0.05) is 48.2 Å². The van der Waals surface area contributed by atoms with Crippen LogP contribution in [0.2, 0.25) is 0 Å². The summed E-state index contributed by atoms with van der Waals surface area (Å²) in [6.07, 6.45) is 0. The van der Waals surface area contributed by atoms with Crippen LogP contribution in [-0.2, 0) is 0 Å². The van der Waals surface area contributed by atoms with E-state index >= 15 is 0 Å². The van der Waals surface area contributed by atoms with Gasteiger partial charge >= 0.3 is 0 Å². The summed E-state index contributed by atoms with van der Waals surface area (Å²) in [6, 6.07) is 33.0. The normalized spacial score (nSPS) is 10.5. The van der Waals surface area contributed by atoms with Gasteiger partial charge in [0.2, 0.25) is 0 Å². The molecule has 0 aliphatic heterocycles. The summed E-state index contributed by atoms with van der Waals surface area (Å²) >= 11 is 4.72. The number of rotatable bonds is 3. The maximum absolute atomic E-state index is 4.39. The standard InChI is InChI=1S/C26H16BrN3S/c27-24-18-15-20(25-26(24)29-31-28-25)14-11-19-12-16-23(17-13-19)30(21-7-3-1-4-8-21)22-9-5-2-6-10-22/h1-10,12-13,15-18H. The van der Waals surface area contributed by atoms with Crippen molar-refractivity contribution >= 4 is 55.8 Å². The fourth-order valence-electron chi connectivity index (χ4n) is 3.37. The molecule has 0 aliphatic rings. The number of nitrogens with zero attached hydrogens (tertiary/aromatic N) is 3. The third-order valence-electron chi connectivity index (χ3n) is 4.86. The van der Waals surface area contributed by atoms with Crippen LogP contribution in [0.15, 0.2) is 102 Å². The maximum Gasteiger partial charge on any atom is 0.121 e. The van der Waals surface area contributed by atoms with Crippen molar-refractivity contribution in [3.63, 3.8) is 0 Å². The number of anilines is 3. The number of hydrogen-bond donors (Lipinski definition) is 0. The van der Waals surface area contributed by atoms with Gasteiger partial charge < -0.3 is 4.90 Å². The Morgan fingerprint density at radius 2 is 1.19 bits per heavy atom. The van der Waals surface area contributed by atoms with Gasteiger partial charge in [0.1, 0.15) is 11.0 Å². The second-order valence-electron chi connectivity index (χ2n) is 6.86. The van der Waals surface area contributed by atoms with Gasteiger partial charge in [-0.15, -0.1) is 0 Å². The van der Waals surface area contributed by atoms with E-state index in [4.69, 9.17) is 0 Å². The zero-order chi connectivity index (χ0) is 21.0. The molecule has 1 heterocycles. The molecule has 5 heteroatoms. The molecule has 0 saturated heterocycles. The number of aromatic nitrogens is 2. The van der Waals surface area contributed by atoms with Crippen molar-refractivity contribution in [1.82, 2.24) is 8.75 Å². The highest BCUT2D eigenvalue weighted by Crippen LogP contribution is 2.34. The van der Waals surface area contributed by atoms with Crippen LogP contribution < -0.4 is 4.90 Å². The zero-order valence-electron chi connectivity index (χ0n) is 16.4. The average Bonchev–Trinajstić information content (AvgIpc) is 3.32. The highest BCUT2D eigenvalue weighted by molar-refractivity contribution is 9.10. The van der Waals surface area contributed by atoms with E-state index in [1.165, 1.54) is 11.7 Å². The topological polar surface area (TPSA) is 29.0 Å². The first-order chi connectivity index (χ1) is 15.3. The molecule has 5 rings (SSSR count). The van der Waals surface area contributed by atoms with Gasteiger partial charge in [0.25, 0.3) is 0 Å². The van der Waals surface area contributed by atoms with Crippen molar-refractivity contribution in [1.29, 1.82) is 0 Å².